The second kappa shape index (κ2) is 9.67. The maximum atomic E-state index is 13.1. The lowest BCUT2D eigenvalue weighted by molar-refractivity contribution is -0.152. The molecule has 1 aliphatic heterocycles. The fourth-order valence-corrected chi connectivity index (χ4v) is 5.89. The maximum absolute atomic E-state index is 13.1. The van der Waals surface area contributed by atoms with Crippen molar-refractivity contribution < 1.29 is 27.9 Å². The molecular weight excluding hydrogens is 420 g/mol. The normalized spacial score (nSPS) is 27.1. The summed E-state index contributed by atoms with van der Waals surface area (Å²) in [5, 5.41) is 12.9. The summed E-state index contributed by atoms with van der Waals surface area (Å²) >= 11 is 0. The minimum Gasteiger partial charge on any atom is -0.454 e. The van der Waals surface area contributed by atoms with Gasteiger partial charge in [-0.3, -0.25) is 9.59 Å². The van der Waals surface area contributed by atoms with Crippen molar-refractivity contribution in [1.82, 2.24) is 9.62 Å². The monoisotopic (exact) mass is 452 g/mol. The molecule has 2 aliphatic rings. The van der Waals surface area contributed by atoms with Gasteiger partial charge in [0.05, 0.1) is 11.0 Å². The highest BCUT2D eigenvalue weighted by Gasteiger charge is 2.44. The molecule has 8 nitrogen and oxygen atoms in total. The van der Waals surface area contributed by atoms with E-state index in [0.29, 0.717) is 5.92 Å². The molecule has 9 heteroatoms. The zero-order valence-corrected chi connectivity index (χ0v) is 19.2. The number of ether oxygens (including phenoxy) is 1. The van der Waals surface area contributed by atoms with Crippen molar-refractivity contribution in [3.05, 3.63) is 29.3 Å². The summed E-state index contributed by atoms with van der Waals surface area (Å²) in [7, 11) is -4.00. The van der Waals surface area contributed by atoms with Crippen LogP contribution in [-0.4, -0.2) is 61.0 Å². The van der Waals surface area contributed by atoms with Gasteiger partial charge in [0.1, 0.15) is 6.04 Å². The molecule has 1 saturated heterocycles. The Bertz CT molecular complexity index is 924. The first-order valence-corrected chi connectivity index (χ1v) is 12.2. The minimum absolute atomic E-state index is 0.0618. The molecule has 1 heterocycles. The molecular formula is C22H32N2O6S. The van der Waals surface area contributed by atoms with Crippen molar-refractivity contribution in [3.63, 3.8) is 0 Å². The number of nitrogens with one attached hydrogen (secondary N) is 1. The number of sulfonamides is 1. The maximum Gasteiger partial charge on any atom is 0.325 e. The molecule has 2 atom stereocenters. The van der Waals surface area contributed by atoms with E-state index in [4.69, 9.17) is 4.74 Å². The molecule has 0 aromatic heterocycles. The van der Waals surface area contributed by atoms with Crippen LogP contribution in [0.25, 0.3) is 0 Å². The summed E-state index contributed by atoms with van der Waals surface area (Å²) in [5.74, 6) is -0.559. The van der Waals surface area contributed by atoms with Crippen LogP contribution in [0.3, 0.4) is 0 Å². The van der Waals surface area contributed by atoms with Crippen LogP contribution in [0.1, 0.15) is 50.2 Å². The molecule has 2 N–H and O–H groups in total. The number of nitrogens with zero attached hydrogens (tertiary/aromatic N) is 1. The quantitative estimate of drug-likeness (QED) is 0.635. The highest BCUT2D eigenvalue weighted by molar-refractivity contribution is 7.89. The Morgan fingerprint density at radius 1 is 1.16 bits per heavy atom. The van der Waals surface area contributed by atoms with E-state index in [1.807, 2.05) is 13.8 Å². The first-order valence-electron chi connectivity index (χ1n) is 10.8. The Morgan fingerprint density at radius 2 is 1.84 bits per heavy atom. The third kappa shape index (κ3) is 5.64. The van der Waals surface area contributed by atoms with Gasteiger partial charge < -0.3 is 15.2 Å². The molecule has 0 radical (unpaired) electrons. The van der Waals surface area contributed by atoms with Crippen molar-refractivity contribution in [2.45, 2.75) is 76.0 Å². The highest BCUT2D eigenvalue weighted by Crippen LogP contribution is 2.28. The molecule has 1 unspecified atom stereocenters. The van der Waals surface area contributed by atoms with E-state index in [-0.39, 0.29) is 23.9 Å². The predicted molar refractivity (Wildman–Crippen MR) is 115 cm³/mol. The van der Waals surface area contributed by atoms with Gasteiger partial charge in [0.2, 0.25) is 10.0 Å². The van der Waals surface area contributed by atoms with E-state index < -0.39 is 40.7 Å². The van der Waals surface area contributed by atoms with Crippen LogP contribution in [0.5, 0.6) is 0 Å². The van der Waals surface area contributed by atoms with E-state index in [1.54, 1.807) is 12.1 Å². The number of β-amino-alcohol motifs (C(OH)–C–C–N with tert-alkyl or cyclic N) is 1. The van der Waals surface area contributed by atoms with Crippen molar-refractivity contribution in [3.8, 4) is 0 Å². The number of hydrogen-bond donors (Lipinski definition) is 2. The fourth-order valence-electron chi connectivity index (χ4n) is 4.18. The van der Waals surface area contributed by atoms with Crippen molar-refractivity contribution in [2.24, 2.45) is 5.92 Å². The Balaban J connectivity index is 1.62. The summed E-state index contributed by atoms with van der Waals surface area (Å²) in [4.78, 5) is 24.9. The summed E-state index contributed by atoms with van der Waals surface area (Å²) in [6, 6.07) is 3.67. The second-order valence-corrected chi connectivity index (χ2v) is 10.7. The lowest BCUT2D eigenvalue weighted by atomic mass is 9.87. The van der Waals surface area contributed by atoms with Crippen LogP contribution < -0.4 is 5.32 Å². The Labute approximate surface area is 184 Å². The Kier molecular flexibility index (Phi) is 7.39. The first kappa shape index (κ1) is 23.7. The summed E-state index contributed by atoms with van der Waals surface area (Å²) in [5.41, 5.74) is 1.77. The van der Waals surface area contributed by atoms with Gasteiger partial charge in [-0.1, -0.05) is 13.0 Å². The average Bonchev–Trinajstić information content (AvgIpc) is 3.12. The highest BCUT2D eigenvalue weighted by atomic mass is 32.2. The van der Waals surface area contributed by atoms with E-state index in [0.717, 1.165) is 41.1 Å². The van der Waals surface area contributed by atoms with Crippen molar-refractivity contribution >= 4 is 21.9 Å². The number of carbonyl (C=O) groups is 2. The molecule has 1 aliphatic carbocycles. The molecule has 172 valence electrons. The smallest absolute Gasteiger partial charge is 0.325 e. The zero-order chi connectivity index (χ0) is 22.8. The molecule has 0 spiro atoms. The molecule has 2 fully saturated rings. The van der Waals surface area contributed by atoms with E-state index >= 15 is 0 Å². The van der Waals surface area contributed by atoms with Crippen LogP contribution in [0, 0.1) is 19.8 Å². The lowest BCUT2D eigenvalue weighted by Crippen LogP contribution is -2.43. The van der Waals surface area contributed by atoms with Crippen LogP contribution >= 0.6 is 0 Å². The van der Waals surface area contributed by atoms with Gasteiger partial charge in [-0.25, -0.2) is 8.42 Å². The van der Waals surface area contributed by atoms with Gasteiger partial charge in [-0.05, 0) is 68.7 Å². The van der Waals surface area contributed by atoms with Gasteiger partial charge in [0.15, 0.2) is 6.61 Å². The Morgan fingerprint density at radius 3 is 2.48 bits per heavy atom. The first-order chi connectivity index (χ1) is 14.6. The number of hydrogen-bond acceptors (Lipinski definition) is 6. The third-order valence-corrected chi connectivity index (χ3v) is 8.19. The number of amides is 1. The molecule has 3 rings (SSSR count). The molecule has 1 aromatic rings. The zero-order valence-electron chi connectivity index (χ0n) is 18.3. The largest absolute Gasteiger partial charge is 0.454 e. The summed E-state index contributed by atoms with van der Waals surface area (Å²) < 4.78 is 32.3. The summed E-state index contributed by atoms with van der Waals surface area (Å²) in [6.07, 6.45) is 2.86. The van der Waals surface area contributed by atoms with Crippen molar-refractivity contribution in [2.75, 3.05) is 13.2 Å². The number of rotatable bonds is 6. The van der Waals surface area contributed by atoms with Crippen LogP contribution in [0.2, 0.25) is 0 Å². The fraction of sp³-hybridized carbons (Fsp3) is 0.636. The molecule has 31 heavy (non-hydrogen) atoms. The number of aliphatic hydroxyl groups is 1. The second-order valence-electron chi connectivity index (χ2n) is 8.86. The van der Waals surface area contributed by atoms with E-state index in [2.05, 4.69) is 12.2 Å². The standard InChI is InChI=1S/C22H32N2O6S/c1-14-4-7-17(8-5-14)23-21(26)13-30-22(27)20-11-18(25)12-24(20)31(28,29)19-9-6-15(2)16(3)10-19/h6,9-10,14,17-18,20,25H,4-5,7-8,11-13H2,1-3H3,(H,23,26)/t14?,17?,18?,20-/m0/s1. The minimum atomic E-state index is -4.00. The number of aryl methyl sites for hydroxylation is 2. The molecule has 1 saturated carbocycles. The Hall–Kier alpha value is -1.97. The van der Waals surface area contributed by atoms with Crippen molar-refractivity contribution in [1.29, 1.82) is 0 Å². The van der Waals surface area contributed by atoms with Gasteiger partial charge in [-0.15, -0.1) is 0 Å². The van der Waals surface area contributed by atoms with E-state index in [1.165, 1.54) is 6.07 Å². The predicted octanol–water partition coefficient (Wildman–Crippen LogP) is 1.67. The van der Waals surface area contributed by atoms with Gasteiger partial charge in [0.25, 0.3) is 5.91 Å². The SMILES string of the molecule is Cc1ccc(S(=O)(=O)N2CC(O)C[C@H]2C(=O)OCC(=O)NC2CCC(C)CC2)cc1C. The number of carbonyl (C=O) groups excluding carboxylic acids is 2. The van der Waals surface area contributed by atoms with Gasteiger partial charge in [0, 0.05) is 19.0 Å². The molecule has 1 amide bonds. The lowest BCUT2D eigenvalue weighted by Gasteiger charge is -2.27. The van der Waals surface area contributed by atoms with Crippen LogP contribution in [0.4, 0.5) is 0 Å². The van der Waals surface area contributed by atoms with E-state index in [9.17, 15) is 23.1 Å². The number of benzene rings is 1. The topological polar surface area (TPSA) is 113 Å². The van der Waals surface area contributed by atoms with Crippen LogP contribution in [-0.2, 0) is 24.3 Å². The molecule has 1 aromatic carbocycles. The van der Waals surface area contributed by atoms with Gasteiger partial charge in [-0.2, -0.15) is 4.31 Å². The third-order valence-electron chi connectivity index (χ3n) is 6.32. The number of aliphatic hydroxyl groups excluding tert-OH is 1. The molecule has 0 bridgehead atoms. The number of esters is 1. The summed E-state index contributed by atoms with van der Waals surface area (Å²) in [6.45, 7) is 5.22. The average molecular weight is 453 g/mol. The van der Waals surface area contributed by atoms with Crippen LogP contribution in [0.15, 0.2) is 23.1 Å². The van der Waals surface area contributed by atoms with Gasteiger partial charge >= 0.3 is 5.97 Å².